The molecule has 0 saturated carbocycles. The lowest BCUT2D eigenvalue weighted by molar-refractivity contribution is 0.0827. The summed E-state index contributed by atoms with van der Waals surface area (Å²) in [5, 5.41) is 3.52. The maximum Gasteiger partial charge on any atom is 0.253 e. The molecule has 1 aliphatic rings. The van der Waals surface area contributed by atoms with Crippen LogP contribution in [-0.2, 0) is 0 Å². The maximum absolute atomic E-state index is 11.9. The molecule has 0 aliphatic carbocycles. The monoisotopic (exact) mass is 264 g/mol. The summed E-state index contributed by atoms with van der Waals surface area (Å²) in [5.74, 6) is 2.49. The molecule has 1 aromatic rings. The molecule has 1 amide bonds. The van der Waals surface area contributed by atoms with Crippen LogP contribution in [-0.4, -0.2) is 42.4 Å². The van der Waals surface area contributed by atoms with Crippen LogP contribution in [0.5, 0.6) is 0 Å². The highest BCUT2D eigenvalue weighted by molar-refractivity contribution is 7.99. The Labute approximate surface area is 113 Å². The van der Waals surface area contributed by atoms with Gasteiger partial charge in [-0.15, -0.1) is 0 Å². The van der Waals surface area contributed by atoms with Crippen LogP contribution in [0.25, 0.3) is 0 Å². The van der Waals surface area contributed by atoms with Gasteiger partial charge in [-0.25, -0.2) is 0 Å². The summed E-state index contributed by atoms with van der Waals surface area (Å²) < 4.78 is 0. The molecule has 18 heavy (non-hydrogen) atoms. The van der Waals surface area contributed by atoms with Crippen molar-refractivity contribution in [1.29, 1.82) is 0 Å². The Morgan fingerprint density at radius 3 is 2.94 bits per heavy atom. The van der Waals surface area contributed by atoms with E-state index >= 15 is 0 Å². The van der Waals surface area contributed by atoms with E-state index in [1.54, 1.807) is 19.0 Å². The molecule has 2 rings (SSSR count). The van der Waals surface area contributed by atoms with Gasteiger partial charge in [-0.3, -0.25) is 4.79 Å². The zero-order valence-electron chi connectivity index (χ0n) is 11.0. The molecule has 0 aromatic heterocycles. The molecule has 1 N–H and O–H groups in total. The molecule has 1 heterocycles. The number of carbonyl (C=O) groups is 1. The Balaban J connectivity index is 2.04. The summed E-state index contributed by atoms with van der Waals surface area (Å²) >= 11 is 2.00. The topological polar surface area (TPSA) is 32.3 Å². The number of benzene rings is 1. The minimum Gasteiger partial charge on any atom is -0.381 e. The first-order valence-corrected chi connectivity index (χ1v) is 7.48. The number of amides is 1. The van der Waals surface area contributed by atoms with E-state index in [-0.39, 0.29) is 5.91 Å². The number of rotatable bonds is 3. The lowest BCUT2D eigenvalue weighted by Gasteiger charge is -2.23. The van der Waals surface area contributed by atoms with Gasteiger partial charge in [-0.05, 0) is 36.8 Å². The lowest BCUT2D eigenvalue weighted by Crippen LogP contribution is -2.26. The van der Waals surface area contributed by atoms with Gasteiger partial charge in [0.25, 0.3) is 5.91 Å². The largest absolute Gasteiger partial charge is 0.381 e. The van der Waals surface area contributed by atoms with Crippen LogP contribution in [0.15, 0.2) is 24.3 Å². The summed E-state index contributed by atoms with van der Waals surface area (Å²) in [6.45, 7) is 0. The molecule has 1 aliphatic heterocycles. The Bertz CT molecular complexity index is 414. The molecule has 1 fully saturated rings. The lowest BCUT2D eigenvalue weighted by atomic mass is 10.1. The SMILES string of the molecule is CN(C)C(=O)c1cccc(NC2CCCSC2)c1. The average molecular weight is 264 g/mol. The highest BCUT2D eigenvalue weighted by atomic mass is 32.2. The maximum atomic E-state index is 11.9. The van der Waals surface area contributed by atoms with Crippen LogP contribution in [0.4, 0.5) is 5.69 Å². The predicted molar refractivity (Wildman–Crippen MR) is 78.4 cm³/mol. The molecule has 1 atom stereocenters. The molecule has 3 nitrogen and oxygen atoms in total. The van der Waals surface area contributed by atoms with Gasteiger partial charge >= 0.3 is 0 Å². The summed E-state index contributed by atoms with van der Waals surface area (Å²) in [6.07, 6.45) is 2.50. The van der Waals surface area contributed by atoms with E-state index in [1.165, 1.54) is 18.6 Å². The number of thioether (sulfide) groups is 1. The fraction of sp³-hybridized carbons (Fsp3) is 0.500. The minimum absolute atomic E-state index is 0.0525. The molecular weight excluding hydrogens is 244 g/mol. The third-order valence-corrected chi connectivity index (χ3v) is 4.26. The van der Waals surface area contributed by atoms with Crippen molar-refractivity contribution in [1.82, 2.24) is 4.90 Å². The second kappa shape index (κ2) is 6.14. The zero-order valence-corrected chi connectivity index (χ0v) is 11.8. The van der Waals surface area contributed by atoms with Gasteiger partial charge in [-0.2, -0.15) is 11.8 Å². The Morgan fingerprint density at radius 2 is 2.28 bits per heavy atom. The van der Waals surface area contributed by atoms with Crippen LogP contribution < -0.4 is 5.32 Å². The van der Waals surface area contributed by atoms with Crippen molar-refractivity contribution in [3.63, 3.8) is 0 Å². The van der Waals surface area contributed by atoms with Gasteiger partial charge in [0, 0.05) is 37.1 Å². The average Bonchev–Trinajstić information content (AvgIpc) is 2.39. The van der Waals surface area contributed by atoms with E-state index in [0.29, 0.717) is 6.04 Å². The Morgan fingerprint density at radius 1 is 1.44 bits per heavy atom. The van der Waals surface area contributed by atoms with Crippen molar-refractivity contribution in [2.24, 2.45) is 0 Å². The molecule has 0 bridgehead atoms. The van der Waals surface area contributed by atoms with Crippen molar-refractivity contribution in [3.8, 4) is 0 Å². The summed E-state index contributed by atoms with van der Waals surface area (Å²) in [5.41, 5.74) is 1.80. The normalized spacial score (nSPS) is 19.3. The Kier molecular flexibility index (Phi) is 4.53. The summed E-state index contributed by atoms with van der Waals surface area (Å²) in [6, 6.07) is 8.32. The van der Waals surface area contributed by atoms with E-state index in [2.05, 4.69) is 5.32 Å². The van der Waals surface area contributed by atoms with Crippen LogP contribution >= 0.6 is 11.8 Å². The van der Waals surface area contributed by atoms with Gasteiger partial charge in [-0.1, -0.05) is 6.07 Å². The molecule has 4 heteroatoms. The molecule has 1 aromatic carbocycles. The standard InChI is InChI=1S/C14H20N2OS/c1-16(2)14(17)11-5-3-6-12(9-11)15-13-7-4-8-18-10-13/h3,5-6,9,13,15H,4,7-8,10H2,1-2H3. The van der Waals surface area contributed by atoms with Gasteiger partial charge < -0.3 is 10.2 Å². The van der Waals surface area contributed by atoms with E-state index < -0.39 is 0 Å². The highest BCUT2D eigenvalue weighted by Crippen LogP contribution is 2.21. The highest BCUT2D eigenvalue weighted by Gasteiger charge is 2.14. The zero-order chi connectivity index (χ0) is 13.0. The smallest absolute Gasteiger partial charge is 0.253 e. The Hall–Kier alpha value is -1.16. The molecule has 1 saturated heterocycles. The van der Waals surface area contributed by atoms with E-state index in [0.717, 1.165) is 17.0 Å². The van der Waals surface area contributed by atoms with Crippen molar-refractivity contribution in [2.45, 2.75) is 18.9 Å². The first-order chi connectivity index (χ1) is 8.66. The fourth-order valence-corrected chi connectivity index (χ4v) is 3.16. The minimum atomic E-state index is 0.0525. The van der Waals surface area contributed by atoms with Gasteiger partial charge in [0.1, 0.15) is 0 Å². The first kappa shape index (κ1) is 13.3. The number of hydrogen-bond donors (Lipinski definition) is 1. The number of nitrogens with one attached hydrogen (secondary N) is 1. The van der Waals surface area contributed by atoms with Crippen molar-refractivity contribution in [3.05, 3.63) is 29.8 Å². The van der Waals surface area contributed by atoms with E-state index in [1.807, 2.05) is 36.0 Å². The van der Waals surface area contributed by atoms with Crippen LogP contribution in [0, 0.1) is 0 Å². The number of anilines is 1. The third-order valence-electron chi connectivity index (χ3n) is 3.05. The van der Waals surface area contributed by atoms with E-state index in [4.69, 9.17) is 0 Å². The quantitative estimate of drug-likeness (QED) is 0.911. The van der Waals surface area contributed by atoms with E-state index in [9.17, 15) is 4.79 Å². The van der Waals surface area contributed by atoms with Gasteiger partial charge in [0.05, 0.1) is 0 Å². The molecular formula is C14H20N2OS. The summed E-state index contributed by atoms with van der Waals surface area (Å²) in [4.78, 5) is 13.5. The van der Waals surface area contributed by atoms with Crippen molar-refractivity contribution in [2.75, 3.05) is 30.9 Å². The fourth-order valence-electron chi connectivity index (χ4n) is 2.09. The molecule has 1 unspecified atom stereocenters. The first-order valence-electron chi connectivity index (χ1n) is 6.33. The third kappa shape index (κ3) is 3.42. The number of nitrogens with zero attached hydrogens (tertiary/aromatic N) is 1. The van der Waals surface area contributed by atoms with Crippen LogP contribution in [0.2, 0.25) is 0 Å². The second-order valence-electron chi connectivity index (χ2n) is 4.84. The van der Waals surface area contributed by atoms with Gasteiger partial charge in [0.2, 0.25) is 0 Å². The van der Waals surface area contributed by atoms with Crippen molar-refractivity contribution >= 4 is 23.4 Å². The van der Waals surface area contributed by atoms with Crippen LogP contribution in [0.1, 0.15) is 23.2 Å². The molecule has 0 radical (unpaired) electrons. The molecule has 98 valence electrons. The summed E-state index contributed by atoms with van der Waals surface area (Å²) in [7, 11) is 3.56. The second-order valence-corrected chi connectivity index (χ2v) is 5.99. The molecule has 0 spiro atoms. The van der Waals surface area contributed by atoms with Gasteiger partial charge in [0.15, 0.2) is 0 Å². The van der Waals surface area contributed by atoms with Crippen molar-refractivity contribution < 1.29 is 4.79 Å². The number of hydrogen-bond acceptors (Lipinski definition) is 3. The van der Waals surface area contributed by atoms with Crippen LogP contribution in [0.3, 0.4) is 0 Å². The number of carbonyl (C=O) groups excluding carboxylic acids is 1. The predicted octanol–water partition coefficient (Wildman–Crippen LogP) is 2.70.